The molecule has 78 valence electrons. The summed E-state index contributed by atoms with van der Waals surface area (Å²) in [5, 5.41) is 1.24. The van der Waals surface area contributed by atoms with Crippen LogP contribution < -0.4 is 5.73 Å². The minimum absolute atomic E-state index is 0.168. The highest BCUT2D eigenvalue weighted by Crippen LogP contribution is 2.43. The van der Waals surface area contributed by atoms with Crippen molar-refractivity contribution in [3.8, 4) is 0 Å². The Morgan fingerprint density at radius 1 is 1.43 bits per heavy atom. The molecule has 0 aliphatic heterocycles. The fourth-order valence-electron chi connectivity index (χ4n) is 1.51. The van der Waals surface area contributed by atoms with Gasteiger partial charge in [0.05, 0.1) is 10.7 Å². The van der Waals surface area contributed by atoms with Crippen molar-refractivity contribution in [3.05, 3.63) is 15.6 Å². The van der Waals surface area contributed by atoms with Crippen molar-refractivity contribution >= 4 is 11.3 Å². The van der Waals surface area contributed by atoms with Crippen LogP contribution in [0.5, 0.6) is 0 Å². The lowest BCUT2D eigenvalue weighted by Gasteiger charge is -2.13. The first-order valence-corrected chi connectivity index (χ1v) is 6.04. The number of thiazole rings is 1. The molecule has 1 fully saturated rings. The lowest BCUT2D eigenvalue weighted by Crippen LogP contribution is -2.10. The van der Waals surface area contributed by atoms with Gasteiger partial charge in [0, 0.05) is 22.8 Å². The van der Waals surface area contributed by atoms with Crippen molar-refractivity contribution in [1.82, 2.24) is 4.98 Å². The number of aromatic nitrogens is 1. The van der Waals surface area contributed by atoms with E-state index in [2.05, 4.69) is 20.8 Å². The largest absolute Gasteiger partial charge is 0.326 e. The third kappa shape index (κ3) is 1.84. The summed E-state index contributed by atoms with van der Waals surface area (Å²) in [6.07, 6.45) is 2.61. The van der Waals surface area contributed by atoms with Gasteiger partial charge in [-0.3, -0.25) is 0 Å². The monoisotopic (exact) mass is 210 g/mol. The molecule has 0 unspecified atom stereocenters. The first-order chi connectivity index (χ1) is 6.52. The van der Waals surface area contributed by atoms with Crippen LogP contribution in [0.1, 0.15) is 55.1 Å². The van der Waals surface area contributed by atoms with E-state index in [1.165, 1.54) is 28.4 Å². The molecule has 0 atom stereocenters. The molecule has 3 heteroatoms. The van der Waals surface area contributed by atoms with E-state index < -0.39 is 0 Å². The van der Waals surface area contributed by atoms with E-state index in [0.717, 1.165) is 5.92 Å². The first kappa shape index (κ1) is 10.1. The molecular weight excluding hydrogens is 192 g/mol. The minimum Gasteiger partial charge on any atom is -0.326 e. The van der Waals surface area contributed by atoms with Crippen LogP contribution in [0.25, 0.3) is 0 Å². The second kappa shape index (κ2) is 3.31. The maximum Gasteiger partial charge on any atom is 0.0985 e. The lowest BCUT2D eigenvalue weighted by molar-refractivity contribution is 0.583. The summed E-state index contributed by atoms with van der Waals surface area (Å²) in [5.74, 6) is 0.723. The number of nitrogens with two attached hydrogens (primary N) is 1. The molecule has 0 amide bonds. The third-order valence-electron chi connectivity index (χ3n) is 2.52. The van der Waals surface area contributed by atoms with Crippen LogP contribution in [0.3, 0.4) is 0 Å². The van der Waals surface area contributed by atoms with E-state index in [-0.39, 0.29) is 5.41 Å². The van der Waals surface area contributed by atoms with E-state index >= 15 is 0 Å². The Morgan fingerprint density at radius 3 is 2.50 bits per heavy atom. The van der Waals surface area contributed by atoms with Crippen LogP contribution in [0.2, 0.25) is 0 Å². The van der Waals surface area contributed by atoms with E-state index in [4.69, 9.17) is 10.7 Å². The molecule has 2 nitrogen and oxygen atoms in total. The van der Waals surface area contributed by atoms with Gasteiger partial charge in [-0.1, -0.05) is 20.8 Å². The Kier molecular flexibility index (Phi) is 2.40. The average Bonchev–Trinajstić information content (AvgIpc) is 2.82. The van der Waals surface area contributed by atoms with Gasteiger partial charge in [0.15, 0.2) is 0 Å². The molecule has 0 radical (unpaired) electrons. The quantitative estimate of drug-likeness (QED) is 0.815. The Balaban J connectivity index is 2.35. The van der Waals surface area contributed by atoms with Crippen molar-refractivity contribution in [2.75, 3.05) is 0 Å². The van der Waals surface area contributed by atoms with Crippen LogP contribution in [-0.2, 0) is 12.0 Å². The van der Waals surface area contributed by atoms with E-state index in [1.54, 1.807) is 11.3 Å². The Bertz CT molecular complexity index is 332. The molecule has 1 saturated carbocycles. The van der Waals surface area contributed by atoms with Gasteiger partial charge in [-0.25, -0.2) is 4.98 Å². The summed E-state index contributed by atoms with van der Waals surface area (Å²) < 4.78 is 0. The fourth-order valence-corrected chi connectivity index (χ4v) is 2.59. The molecule has 14 heavy (non-hydrogen) atoms. The van der Waals surface area contributed by atoms with Gasteiger partial charge in [-0.15, -0.1) is 11.3 Å². The van der Waals surface area contributed by atoms with Gasteiger partial charge in [0.25, 0.3) is 0 Å². The zero-order chi connectivity index (χ0) is 10.3. The Morgan fingerprint density at radius 2 is 2.07 bits per heavy atom. The van der Waals surface area contributed by atoms with Gasteiger partial charge in [0.2, 0.25) is 0 Å². The molecule has 1 aromatic rings. The average molecular weight is 210 g/mol. The van der Waals surface area contributed by atoms with Gasteiger partial charge in [-0.2, -0.15) is 0 Å². The predicted octanol–water partition coefficient (Wildman–Crippen LogP) is 2.78. The maximum absolute atomic E-state index is 5.74. The molecule has 1 heterocycles. The SMILES string of the molecule is CC(C)(C)c1nc(C2CC2)c(CN)s1. The smallest absolute Gasteiger partial charge is 0.0985 e. The number of hydrogen-bond acceptors (Lipinski definition) is 3. The van der Waals surface area contributed by atoms with Crippen molar-refractivity contribution < 1.29 is 0 Å². The Hall–Kier alpha value is -0.410. The second-order valence-electron chi connectivity index (χ2n) is 5.06. The molecule has 1 aliphatic rings. The summed E-state index contributed by atoms with van der Waals surface area (Å²) in [4.78, 5) is 6.06. The van der Waals surface area contributed by atoms with Gasteiger partial charge in [0.1, 0.15) is 0 Å². The van der Waals surface area contributed by atoms with Crippen LogP contribution >= 0.6 is 11.3 Å². The molecule has 0 bridgehead atoms. The summed E-state index contributed by atoms with van der Waals surface area (Å²) in [5.41, 5.74) is 7.21. The van der Waals surface area contributed by atoms with Gasteiger partial charge >= 0.3 is 0 Å². The normalized spacial score (nSPS) is 17.4. The molecule has 1 aliphatic carbocycles. The lowest BCUT2D eigenvalue weighted by atomic mass is 9.98. The first-order valence-electron chi connectivity index (χ1n) is 5.22. The van der Waals surface area contributed by atoms with Gasteiger partial charge < -0.3 is 5.73 Å². The maximum atomic E-state index is 5.74. The number of nitrogens with zero attached hydrogens (tertiary/aromatic N) is 1. The van der Waals surface area contributed by atoms with E-state index in [1.807, 2.05) is 0 Å². The highest BCUT2D eigenvalue weighted by molar-refractivity contribution is 7.11. The summed E-state index contributed by atoms with van der Waals surface area (Å²) in [6, 6.07) is 0. The van der Waals surface area contributed by atoms with Crippen LogP contribution in [0.4, 0.5) is 0 Å². The predicted molar refractivity (Wildman–Crippen MR) is 60.7 cm³/mol. The van der Waals surface area contributed by atoms with Gasteiger partial charge in [-0.05, 0) is 12.8 Å². The Labute approximate surface area is 89.5 Å². The topological polar surface area (TPSA) is 38.9 Å². The number of rotatable bonds is 2. The molecular formula is C11H18N2S. The van der Waals surface area contributed by atoms with E-state index in [9.17, 15) is 0 Å². The third-order valence-corrected chi connectivity index (χ3v) is 4.04. The number of hydrogen-bond donors (Lipinski definition) is 1. The molecule has 2 rings (SSSR count). The molecule has 0 aromatic carbocycles. The zero-order valence-corrected chi connectivity index (χ0v) is 9.95. The fraction of sp³-hybridized carbons (Fsp3) is 0.727. The second-order valence-corrected chi connectivity index (χ2v) is 6.14. The summed E-state index contributed by atoms with van der Waals surface area (Å²) >= 11 is 1.80. The molecule has 1 aromatic heterocycles. The molecule has 2 N–H and O–H groups in total. The van der Waals surface area contributed by atoms with Crippen molar-refractivity contribution in [3.63, 3.8) is 0 Å². The highest BCUT2D eigenvalue weighted by Gasteiger charge is 2.31. The standard InChI is InChI=1S/C11H18N2S/c1-11(2,3)10-13-9(7-4-5-7)8(6-12)14-10/h7H,4-6,12H2,1-3H3. The van der Waals surface area contributed by atoms with Crippen molar-refractivity contribution in [1.29, 1.82) is 0 Å². The van der Waals surface area contributed by atoms with Crippen LogP contribution in [-0.4, -0.2) is 4.98 Å². The summed E-state index contributed by atoms with van der Waals surface area (Å²) in [6.45, 7) is 7.29. The van der Waals surface area contributed by atoms with Crippen LogP contribution in [0.15, 0.2) is 0 Å². The van der Waals surface area contributed by atoms with Crippen molar-refractivity contribution in [2.24, 2.45) is 5.73 Å². The molecule has 0 saturated heterocycles. The summed E-state index contributed by atoms with van der Waals surface area (Å²) in [7, 11) is 0. The van der Waals surface area contributed by atoms with E-state index in [0.29, 0.717) is 6.54 Å². The highest BCUT2D eigenvalue weighted by atomic mass is 32.1. The molecule has 0 spiro atoms. The van der Waals surface area contributed by atoms with Crippen molar-refractivity contribution in [2.45, 2.75) is 51.5 Å². The zero-order valence-electron chi connectivity index (χ0n) is 9.13. The minimum atomic E-state index is 0.168. The van der Waals surface area contributed by atoms with Crippen LogP contribution in [0, 0.1) is 0 Å².